The molecule has 0 radical (unpaired) electrons. The van der Waals surface area contributed by atoms with E-state index in [1.165, 1.54) is 5.56 Å². The molecule has 0 fully saturated rings. The first-order chi connectivity index (χ1) is 16.2. The van der Waals surface area contributed by atoms with Gasteiger partial charge in [-0.15, -0.1) is 0 Å². The van der Waals surface area contributed by atoms with Gasteiger partial charge in [0.25, 0.3) is 5.91 Å². The molecule has 33 heavy (non-hydrogen) atoms. The molecule has 2 aromatic heterocycles. The molecule has 0 spiro atoms. The van der Waals surface area contributed by atoms with Crippen molar-refractivity contribution in [3.05, 3.63) is 95.2 Å². The second kappa shape index (κ2) is 9.34. The number of hydrogen-bond donors (Lipinski definition) is 3. The Morgan fingerprint density at radius 3 is 2.76 bits per heavy atom. The second-order valence-corrected chi connectivity index (χ2v) is 8.65. The highest BCUT2D eigenvalue weighted by Gasteiger charge is 2.08. The number of carbonyl (C=O) groups is 1. The Labute approximate surface area is 195 Å². The minimum atomic E-state index is -0.239. The van der Waals surface area contributed by atoms with Crippen LogP contribution in [0.4, 0.5) is 0 Å². The number of H-pyrrole nitrogens is 2. The first-order valence-corrected chi connectivity index (χ1v) is 11.8. The molecule has 5 aromatic rings. The van der Waals surface area contributed by atoms with Crippen LogP contribution >= 0.6 is 11.8 Å². The zero-order valence-electron chi connectivity index (χ0n) is 18.1. The summed E-state index contributed by atoms with van der Waals surface area (Å²) in [7, 11) is 0. The summed E-state index contributed by atoms with van der Waals surface area (Å²) in [4.78, 5) is 23.7. The second-order valence-electron chi connectivity index (χ2n) is 7.68. The molecule has 3 aromatic carbocycles. The van der Waals surface area contributed by atoms with Crippen molar-refractivity contribution >= 4 is 45.8 Å². The number of aryl methyl sites for hydroxylation is 1. The minimum absolute atomic E-state index is 0.239. The van der Waals surface area contributed by atoms with Gasteiger partial charge in [0.2, 0.25) is 0 Å². The number of benzene rings is 3. The van der Waals surface area contributed by atoms with Gasteiger partial charge >= 0.3 is 0 Å². The van der Waals surface area contributed by atoms with Crippen molar-refractivity contribution in [1.82, 2.24) is 20.4 Å². The van der Waals surface area contributed by atoms with Crippen LogP contribution < -0.4 is 5.43 Å². The zero-order valence-corrected chi connectivity index (χ0v) is 18.9. The van der Waals surface area contributed by atoms with E-state index in [1.54, 1.807) is 18.0 Å². The van der Waals surface area contributed by atoms with E-state index >= 15 is 0 Å². The van der Waals surface area contributed by atoms with Crippen LogP contribution in [0.5, 0.6) is 0 Å². The fourth-order valence-electron chi connectivity index (χ4n) is 3.77. The number of amides is 1. The zero-order chi connectivity index (χ0) is 22.6. The van der Waals surface area contributed by atoms with E-state index in [-0.39, 0.29) is 5.91 Å². The van der Waals surface area contributed by atoms with Gasteiger partial charge in [0.15, 0.2) is 5.16 Å². The monoisotopic (exact) mass is 453 g/mol. The van der Waals surface area contributed by atoms with Gasteiger partial charge in [0, 0.05) is 34.0 Å². The molecule has 7 heteroatoms. The molecule has 2 heterocycles. The van der Waals surface area contributed by atoms with E-state index in [4.69, 9.17) is 0 Å². The van der Waals surface area contributed by atoms with Crippen LogP contribution in [0.3, 0.4) is 0 Å². The maximum atomic E-state index is 12.5. The number of hydrogen-bond acceptors (Lipinski definition) is 4. The van der Waals surface area contributed by atoms with Gasteiger partial charge in [0.05, 0.1) is 17.2 Å². The van der Waals surface area contributed by atoms with Crippen molar-refractivity contribution in [3.8, 4) is 0 Å². The maximum absolute atomic E-state index is 12.5. The van der Waals surface area contributed by atoms with Gasteiger partial charge in [-0.3, -0.25) is 4.79 Å². The summed E-state index contributed by atoms with van der Waals surface area (Å²) in [6, 6.07) is 21.7. The molecule has 1 amide bonds. The lowest BCUT2D eigenvalue weighted by atomic mass is 10.1. The van der Waals surface area contributed by atoms with Gasteiger partial charge in [-0.25, -0.2) is 10.4 Å². The van der Waals surface area contributed by atoms with E-state index in [1.807, 2.05) is 60.8 Å². The van der Waals surface area contributed by atoms with E-state index in [2.05, 4.69) is 44.5 Å². The summed E-state index contributed by atoms with van der Waals surface area (Å²) in [5, 5.41) is 6.13. The molecular formula is C26H23N5OS. The van der Waals surface area contributed by atoms with Crippen molar-refractivity contribution in [3.63, 3.8) is 0 Å². The minimum Gasteiger partial charge on any atom is -0.360 e. The number of aromatic nitrogens is 3. The topological polar surface area (TPSA) is 85.9 Å². The van der Waals surface area contributed by atoms with Crippen LogP contribution in [-0.4, -0.2) is 27.1 Å². The molecule has 164 valence electrons. The number of aromatic amines is 2. The number of thioether (sulfide) groups is 1. The molecule has 0 unspecified atom stereocenters. The normalized spacial score (nSPS) is 11.5. The lowest BCUT2D eigenvalue weighted by Crippen LogP contribution is -2.17. The summed E-state index contributed by atoms with van der Waals surface area (Å²) >= 11 is 1.64. The predicted molar refractivity (Wildman–Crippen MR) is 135 cm³/mol. The first kappa shape index (κ1) is 21.0. The number of rotatable bonds is 7. The predicted octanol–water partition coefficient (Wildman–Crippen LogP) is 5.66. The number of hydrazone groups is 1. The third-order valence-corrected chi connectivity index (χ3v) is 6.49. The van der Waals surface area contributed by atoms with Crippen molar-refractivity contribution in [2.75, 3.05) is 0 Å². The molecule has 5 rings (SSSR count). The summed E-state index contributed by atoms with van der Waals surface area (Å²) < 4.78 is 0. The standard InChI is InChI=1S/C26H23N5OS/c1-2-18-6-5-7-21-20(14-27-24(18)21)15-28-31-25(32)19-12-10-17(11-13-19)16-33-26-29-22-8-3-4-9-23(22)30-26/h3-15,27H,2,16H2,1H3,(H,29,30)(H,31,32). The fraction of sp³-hybridized carbons (Fsp3) is 0.115. The van der Waals surface area contributed by atoms with Gasteiger partial charge < -0.3 is 9.97 Å². The summed E-state index contributed by atoms with van der Waals surface area (Å²) in [5.41, 5.74) is 9.62. The quantitative estimate of drug-likeness (QED) is 0.169. The summed E-state index contributed by atoms with van der Waals surface area (Å²) in [6.45, 7) is 2.13. The summed E-state index contributed by atoms with van der Waals surface area (Å²) in [6.07, 6.45) is 4.54. The van der Waals surface area contributed by atoms with Crippen molar-refractivity contribution in [2.45, 2.75) is 24.3 Å². The molecule has 0 saturated carbocycles. The first-order valence-electron chi connectivity index (χ1n) is 10.8. The maximum Gasteiger partial charge on any atom is 0.271 e. The van der Waals surface area contributed by atoms with Crippen LogP contribution in [0.15, 0.2) is 83.2 Å². The largest absolute Gasteiger partial charge is 0.360 e. The molecular weight excluding hydrogens is 430 g/mol. The Bertz CT molecular complexity index is 1420. The molecule has 0 aliphatic rings. The Hall–Kier alpha value is -3.84. The van der Waals surface area contributed by atoms with Gasteiger partial charge in [-0.1, -0.05) is 61.2 Å². The van der Waals surface area contributed by atoms with Gasteiger partial charge in [-0.05, 0) is 41.8 Å². The molecule has 0 aliphatic carbocycles. The van der Waals surface area contributed by atoms with E-state index in [0.717, 1.165) is 50.4 Å². The van der Waals surface area contributed by atoms with Gasteiger partial charge in [0.1, 0.15) is 0 Å². The SMILES string of the molecule is CCc1cccc2c(C=NNC(=O)c3ccc(CSc4nc5ccccc5[nH]4)cc3)c[nH]c12. The Kier molecular flexibility index (Phi) is 5.95. The van der Waals surface area contributed by atoms with Crippen LogP contribution in [-0.2, 0) is 12.2 Å². The number of fused-ring (bicyclic) bond motifs is 2. The third-order valence-electron chi connectivity index (χ3n) is 5.54. The van der Waals surface area contributed by atoms with Crippen molar-refractivity contribution in [2.24, 2.45) is 5.10 Å². The number of nitrogens with zero attached hydrogens (tertiary/aromatic N) is 2. The highest BCUT2D eigenvalue weighted by atomic mass is 32.2. The fourth-order valence-corrected chi connectivity index (χ4v) is 4.61. The highest BCUT2D eigenvalue weighted by molar-refractivity contribution is 7.98. The number of nitrogens with one attached hydrogen (secondary N) is 3. The third kappa shape index (κ3) is 4.54. The average Bonchev–Trinajstić information content (AvgIpc) is 3.47. The van der Waals surface area contributed by atoms with E-state index < -0.39 is 0 Å². The summed E-state index contributed by atoms with van der Waals surface area (Å²) in [5.74, 6) is 0.525. The van der Waals surface area contributed by atoms with Crippen molar-refractivity contribution in [1.29, 1.82) is 0 Å². The molecule has 0 atom stereocenters. The van der Waals surface area contributed by atoms with Crippen LogP contribution in [0.25, 0.3) is 21.9 Å². The smallest absolute Gasteiger partial charge is 0.271 e. The van der Waals surface area contributed by atoms with Crippen LogP contribution in [0, 0.1) is 0 Å². The Morgan fingerprint density at radius 1 is 1.09 bits per heavy atom. The molecule has 0 bridgehead atoms. The Balaban J connectivity index is 1.19. The van der Waals surface area contributed by atoms with Crippen LogP contribution in [0.2, 0.25) is 0 Å². The lowest BCUT2D eigenvalue weighted by molar-refractivity contribution is 0.0955. The number of para-hydroxylation sites is 3. The van der Waals surface area contributed by atoms with E-state index in [9.17, 15) is 4.79 Å². The highest BCUT2D eigenvalue weighted by Crippen LogP contribution is 2.23. The molecule has 3 N–H and O–H groups in total. The van der Waals surface area contributed by atoms with Crippen molar-refractivity contribution < 1.29 is 4.79 Å². The van der Waals surface area contributed by atoms with E-state index in [0.29, 0.717) is 5.56 Å². The van der Waals surface area contributed by atoms with Gasteiger partial charge in [-0.2, -0.15) is 5.10 Å². The number of imidazole rings is 1. The number of carbonyl (C=O) groups excluding carboxylic acids is 1. The molecule has 0 aliphatic heterocycles. The molecule has 6 nitrogen and oxygen atoms in total. The Morgan fingerprint density at radius 2 is 1.94 bits per heavy atom. The average molecular weight is 454 g/mol. The van der Waals surface area contributed by atoms with Crippen LogP contribution in [0.1, 0.15) is 34.0 Å². The molecule has 0 saturated heterocycles. The lowest BCUT2D eigenvalue weighted by Gasteiger charge is -2.03.